The molecule has 2 aromatic heterocycles. The van der Waals surface area contributed by atoms with Gasteiger partial charge in [0.2, 0.25) is 0 Å². The van der Waals surface area contributed by atoms with Crippen LogP contribution in [0.3, 0.4) is 0 Å². The van der Waals surface area contributed by atoms with E-state index in [1.165, 1.54) is 0 Å². The number of carbonyl (C=O) groups excluding carboxylic acids is 1. The molecule has 0 fully saturated rings. The molecule has 0 atom stereocenters. The highest BCUT2D eigenvalue weighted by Crippen LogP contribution is 2.12. The molecule has 8 heteroatoms. The number of fused-ring (bicyclic) bond motifs is 1. The van der Waals surface area contributed by atoms with E-state index in [1.54, 1.807) is 23.4 Å². The van der Waals surface area contributed by atoms with Gasteiger partial charge in [0.1, 0.15) is 12.1 Å². The number of aromatic nitrogens is 5. The molecule has 0 saturated carbocycles. The Labute approximate surface area is 102 Å². The zero-order chi connectivity index (χ0) is 12.5. The van der Waals surface area contributed by atoms with Crippen molar-refractivity contribution < 1.29 is 4.79 Å². The molecule has 0 aliphatic carbocycles. The lowest BCUT2D eigenvalue weighted by Crippen LogP contribution is -2.38. The molecule has 3 heterocycles. The average molecular weight is 245 g/mol. The minimum atomic E-state index is -0.170. The number of hydrogen-bond acceptors (Lipinski definition) is 6. The number of amides is 1. The fourth-order valence-electron chi connectivity index (χ4n) is 1.86. The van der Waals surface area contributed by atoms with Gasteiger partial charge in [0.05, 0.1) is 6.54 Å². The van der Waals surface area contributed by atoms with Crippen molar-refractivity contribution in [1.82, 2.24) is 29.9 Å². The number of anilines is 1. The molecule has 92 valence electrons. The summed E-state index contributed by atoms with van der Waals surface area (Å²) < 4.78 is 1.93. The Balaban J connectivity index is 1.80. The molecule has 1 amide bonds. The summed E-state index contributed by atoms with van der Waals surface area (Å²) in [5.41, 5.74) is 5.72. The summed E-state index contributed by atoms with van der Waals surface area (Å²) in [6.07, 6.45) is 1.67. The molecular weight excluding hydrogens is 234 g/mol. The molecule has 3 rings (SSSR count). The van der Waals surface area contributed by atoms with Crippen molar-refractivity contribution >= 4 is 11.7 Å². The van der Waals surface area contributed by atoms with E-state index in [2.05, 4.69) is 20.4 Å². The van der Waals surface area contributed by atoms with Crippen LogP contribution in [0.4, 0.5) is 5.82 Å². The molecule has 0 saturated heterocycles. The minimum absolute atomic E-state index is 0.170. The van der Waals surface area contributed by atoms with Crippen LogP contribution < -0.4 is 5.73 Å². The molecule has 1 aliphatic heterocycles. The van der Waals surface area contributed by atoms with Crippen molar-refractivity contribution in [1.29, 1.82) is 0 Å². The fourth-order valence-corrected chi connectivity index (χ4v) is 1.86. The van der Waals surface area contributed by atoms with Crippen molar-refractivity contribution in [2.45, 2.75) is 13.1 Å². The van der Waals surface area contributed by atoms with Gasteiger partial charge in [0.25, 0.3) is 5.91 Å². The maximum atomic E-state index is 12.2. The Kier molecular flexibility index (Phi) is 2.40. The minimum Gasteiger partial charge on any atom is -0.382 e. The number of nitrogens with two attached hydrogens (primary N) is 1. The molecule has 0 spiro atoms. The molecule has 1 aliphatic rings. The van der Waals surface area contributed by atoms with Gasteiger partial charge in [0.15, 0.2) is 11.5 Å². The zero-order valence-electron chi connectivity index (χ0n) is 9.52. The van der Waals surface area contributed by atoms with Crippen molar-refractivity contribution in [3.05, 3.63) is 30.0 Å². The van der Waals surface area contributed by atoms with Crippen molar-refractivity contribution in [2.75, 3.05) is 12.3 Å². The first-order valence-corrected chi connectivity index (χ1v) is 5.49. The molecule has 0 bridgehead atoms. The highest BCUT2D eigenvalue weighted by atomic mass is 16.2. The second-order valence-electron chi connectivity index (χ2n) is 4.01. The SMILES string of the molecule is Nc1ccc(C(=O)N2CCn3cnnc3C2)nn1. The average Bonchev–Trinajstić information content (AvgIpc) is 2.86. The van der Waals surface area contributed by atoms with Crippen LogP contribution in [-0.2, 0) is 13.1 Å². The molecule has 18 heavy (non-hydrogen) atoms. The third-order valence-corrected chi connectivity index (χ3v) is 2.83. The smallest absolute Gasteiger partial charge is 0.274 e. The van der Waals surface area contributed by atoms with Crippen LogP contribution in [0.25, 0.3) is 0 Å². The monoisotopic (exact) mass is 245 g/mol. The number of hydrogen-bond donors (Lipinski definition) is 1. The molecule has 0 aromatic carbocycles. The van der Waals surface area contributed by atoms with Crippen molar-refractivity contribution in [3.63, 3.8) is 0 Å². The fraction of sp³-hybridized carbons (Fsp3) is 0.300. The number of nitrogen functional groups attached to an aromatic ring is 1. The summed E-state index contributed by atoms with van der Waals surface area (Å²) in [6.45, 7) is 1.73. The first-order chi connectivity index (χ1) is 8.74. The molecule has 0 radical (unpaired) electrons. The number of rotatable bonds is 1. The summed E-state index contributed by atoms with van der Waals surface area (Å²) in [6, 6.07) is 3.14. The van der Waals surface area contributed by atoms with E-state index >= 15 is 0 Å². The highest BCUT2D eigenvalue weighted by molar-refractivity contribution is 5.92. The van der Waals surface area contributed by atoms with Gasteiger partial charge >= 0.3 is 0 Å². The summed E-state index contributed by atoms with van der Waals surface area (Å²) in [7, 11) is 0. The Bertz CT molecular complexity index is 576. The summed E-state index contributed by atoms with van der Waals surface area (Å²) >= 11 is 0. The van der Waals surface area contributed by atoms with Crippen LogP contribution in [-0.4, -0.2) is 42.3 Å². The molecule has 2 N–H and O–H groups in total. The summed E-state index contributed by atoms with van der Waals surface area (Å²) in [5.74, 6) is 0.902. The van der Waals surface area contributed by atoms with E-state index in [9.17, 15) is 4.79 Å². The first kappa shape index (κ1) is 10.6. The summed E-state index contributed by atoms with van der Waals surface area (Å²) in [4.78, 5) is 13.8. The third kappa shape index (κ3) is 1.77. The predicted octanol–water partition coefficient (Wildman–Crippen LogP) is -0.694. The van der Waals surface area contributed by atoms with Crippen molar-refractivity contribution in [3.8, 4) is 0 Å². The predicted molar refractivity (Wildman–Crippen MR) is 61.2 cm³/mol. The Morgan fingerprint density at radius 2 is 2.11 bits per heavy atom. The molecule has 0 unspecified atom stereocenters. The lowest BCUT2D eigenvalue weighted by Gasteiger charge is -2.26. The second-order valence-corrected chi connectivity index (χ2v) is 4.01. The lowest BCUT2D eigenvalue weighted by atomic mass is 10.3. The standard InChI is InChI=1S/C10H11N7O/c11-8-2-1-7(13-14-8)10(18)16-3-4-17-6-12-15-9(17)5-16/h1-2,6H,3-5H2,(H2,11,14). The van der Waals surface area contributed by atoms with Crippen LogP contribution in [0.2, 0.25) is 0 Å². The van der Waals surface area contributed by atoms with Gasteiger partial charge < -0.3 is 15.2 Å². The normalized spacial score (nSPS) is 14.3. The quantitative estimate of drug-likeness (QED) is 0.713. The van der Waals surface area contributed by atoms with Gasteiger partial charge in [-0.3, -0.25) is 4.79 Å². The largest absolute Gasteiger partial charge is 0.382 e. The highest BCUT2D eigenvalue weighted by Gasteiger charge is 2.23. The summed E-state index contributed by atoms with van der Waals surface area (Å²) in [5, 5.41) is 15.2. The van der Waals surface area contributed by atoms with Gasteiger partial charge in [-0.1, -0.05) is 0 Å². The second kappa shape index (κ2) is 4.06. The molecule has 8 nitrogen and oxygen atoms in total. The van der Waals surface area contributed by atoms with Crippen LogP contribution >= 0.6 is 0 Å². The molecule has 2 aromatic rings. The van der Waals surface area contributed by atoms with Gasteiger partial charge in [0, 0.05) is 13.1 Å². The Hall–Kier alpha value is -2.51. The van der Waals surface area contributed by atoms with Crippen LogP contribution in [0, 0.1) is 0 Å². The zero-order valence-corrected chi connectivity index (χ0v) is 9.52. The van der Waals surface area contributed by atoms with Gasteiger partial charge in [-0.25, -0.2) is 0 Å². The third-order valence-electron chi connectivity index (χ3n) is 2.83. The van der Waals surface area contributed by atoms with E-state index in [-0.39, 0.29) is 11.6 Å². The number of carbonyl (C=O) groups is 1. The number of nitrogens with zero attached hydrogens (tertiary/aromatic N) is 6. The van der Waals surface area contributed by atoms with Crippen molar-refractivity contribution in [2.24, 2.45) is 0 Å². The lowest BCUT2D eigenvalue weighted by molar-refractivity contribution is 0.0700. The molecular formula is C10H11N7O. The van der Waals surface area contributed by atoms with Gasteiger partial charge in [-0.2, -0.15) is 0 Å². The Morgan fingerprint density at radius 1 is 1.22 bits per heavy atom. The maximum absolute atomic E-state index is 12.2. The van der Waals surface area contributed by atoms with Crippen LogP contribution in [0.15, 0.2) is 18.5 Å². The topological polar surface area (TPSA) is 103 Å². The van der Waals surface area contributed by atoms with E-state index in [1.807, 2.05) is 4.57 Å². The van der Waals surface area contributed by atoms with E-state index in [0.717, 1.165) is 5.82 Å². The van der Waals surface area contributed by atoms with Gasteiger partial charge in [-0.05, 0) is 12.1 Å². The maximum Gasteiger partial charge on any atom is 0.274 e. The van der Waals surface area contributed by atoms with Crippen LogP contribution in [0.5, 0.6) is 0 Å². The van der Waals surface area contributed by atoms with Gasteiger partial charge in [-0.15, -0.1) is 20.4 Å². The van der Waals surface area contributed by atoms with E-state index in [4.69, 9.17) is 5.73 Å². The van der Waals surface area contributed by atoms with E-state index < -0.39 is 0 Å². The van der Waals surface area contributed by atoms with Crippen LogP contribution in [0.1, 0.15) is 16.3 Å². The van der Waals surface area contributed by atoms with E-state index in [0.29, 0.717) is 25.5 Å². The Morgan fingerprint density at radius 3 is 2.89 bits per heavy atom. The first-order valence-electron chi connectivity index (χ1n) is 5.49.